The van der Waals surface area contributed by atoms with Gasteiger partial charge in [-0.15, -0.1) is 0 Å². The third kappa shape index (κ3) is 5.26. The number of halogens is 3. The highest BCUT2D eigenvalue weighted by molar-refractivity contribution is 7.89. The number of rotatable bonds is 6. The summed E-state index contributed by atoms with van der Waals surface area (Å²) in [6.07, 6.45) is -4.74. The maximum atomic E-state index is 13.0. The Hall–Kier alpha value is -3.56. The first-order valence-corrected chi connectivity index (χ1v) is 11.7. The Balaban J connectivity index is 1.41. The summed E-state index contributed by atoms with van der Waals surface area (Å²) in [6, 6.07) is 7.09. The summed E-state index contributed by atoms with van der Waals surface area (Å²) in [7, 11) is -3.94. The molecule has 3 heterocycles. The highest BCUT2D eigenvalue weighted by Gasteiger charge is 2.35. The van der Waals surface area contributed by atoms with Gasteiger partial charge in [0, 0.05) is 24.8 Å². The Morgan fingerprint density at radius 1 is 1.20 bits per heavy atom. The van der Waals surface area contributed by atoms with Crippen molar-refractivity contribution in [1.82, 2.24) is 24.5 Å². The molecule has 2 aromatic heterocycles. The second-order valence-electron chi connectivity index (χ2n) is 7.80. The van der Waals surface area contributed by atoms with Crippen LogP contribution >= 0.6 is 0 Å². The van der Waals surface area contributed by atoms with Crippen LogP contribution in [0.15, 0.2) is 47.5 Å². The number of β-amino-alcohol motifs (C(OH)–C–C–N with tert-alkyl or cyclic N) is 1. The van der Waals surface area contributed by atoms with E-state index >= 15 is 0 Å². The van der Waals surface area contributed by atoms with E-state index in [-0.39, 0.29) is 41.9 Å². The number of aliphatic hydroxyl groups excluding tert-OH is 1. The first kappa shape index (κ1) is 24.6. The third-order valence-corrected chi connectivity index (χ3v) is 7.32. The molecule has 0 saturated carbocycles. The van der Waals surface area contributed by atoms with Gasteiger partial charge in [0.1, 0.15) is 5.82 Å². The van der Waals surface area contributed by atoms with Crippen molar-refractivity contribution in [1.29, 1.82) is 0 Å². The first-order chi connectivity index (χ1) is 16.4. The van der Waals surface area contributed by atoms with E-state index in [0.29, 0.717) is 11.8 Å². The molecular formula is C20H20F3N7O4S. The maximum Gasteiger partial charge on any atom is 0.417 e. The SMILES string of the molecule is NC(=O)c1nc(-c2ccc(S(=O)(=O)N3CC[C@@H](Nc4ccc(C(F)(F)F)cn4)[C@@H](O)C3)cc2)n[nH]1. The Bertz CT molecular complexity index is 1310. The van der Waals surface area contributed by atoms with Crippen molar-refractivity contribution in [2.75, 3.05) is 18.4 Å². The number of carbonyl (C=O) groups is 1. The summed E-state index contributed by atoms with van der Waals surface area (Å²) in [5.74, 6) is -0.607. The Morgan fingerprint density at radius 3 is 2.46 bits per heavy atom. The molecular weight excluding hydrogens is 491 g/mol. The number of amides is 1. The minimum atomic E-state index is -4.51. The molecule has 0 aliphatic carbocycles. The van der Waals surface area contributed by atoms with Gasteiger partial charge < -0.3 is 16.2 Å². The Morgan fingerprint density at radius 2 is 1.91 bits per heavy atom. The highest BCUT2D eigenvalue weighted by Crippen LogP contribution is 2.29. The highest BCUT2D eigenvalue weighted by atomic mass is 32.2. The van der Waals surface area contributed by atoms with E-state index in [2.05, 4.69) is 25.5 Å². The Kier molecular flexibility index (Phi) is 6.48. The van der Waals surface area contributed by atoms with Crippen LogP contribution in [0, 0.1) is 0 Å². The minimum Gasteiger partial charge on any atom is -0.390 e. The summed E-state index contributed by atoms with van der Waals surface area (Å²) >= 11 is 0. The summed E-state index contributed by atoms with van der Waals surface area (Å²) in [5.41, 5.74) is 4.69. The summed E-state index contributed by atoms with van der Waals surface area (Å²) in [5, 5.41) is 19.6. The smallest absolute Gasteiger partial charge is 0.390 e. The van der Waals surface area contributed by atoms with Gasteiger partial charge >= 0.3 is 6.18 Å². The predicted molar refractivity (Wildman–Crippen MR) is 116 cm³/mol. The molecule has 0 radical (unpaired) electrons. The monoisotopic (exact) mass is 511 g/mol. The van der Waals surface area contributed by atoms with Gasteiger partial charge in [-0.1, -0.05) is 0 Å². The van der Waals surface area contributed by atoms with E-state index in [1.165, 1.54) is 24.3 Å². The number of nitrogens with two attached hydrogens (primary N) is 1. The normalized spacial score (nSPS) is 19.4. The number of nitrogens with one attached hydrogen (secondary N) is 2. The zero-order chi connectivity index (χ0) is 25.4. The number of nitrogens with zero attached hydrogens (tertiary/aromatic N) is 4. The van der Waals surface area contributed by atoms with Crippen LogP contribution in [-0.2, 0) is 16.2 Å². The second-order valence-corrected chi connectivity index (χ2v) is 9.73. The predicted octanol–water partition coefficient (Wildman–Crippen LogP) is 1.22. The summed E-state index contributed by atoms with van der Waals surface area (Å²) < 4.78 is 65.3. The molecule has 5 N–H and O–H groups in total. The van der Waals surface area contributed by atoms with E-state index in [1.54, 1.807) is 0 Å². The number of primary amides is 1. The largest absolute Gasteiger partial charge is 0.417 e. The van der Waals surface area contributed by atoms with Crippen LogP contribution in [0.5, 0.6) is 0 Å². The molecule has 1 saturated heterocycles. The van der Waals surface area contributed by atoms with Crippen LogP contribution in [0.3, 0.4) is 0 Å². The lowest BCUT2D eigenvalue weighted by molar-refractivity contribution is -0.137. The van der Waals surface area contributed by atoms with Gasteiger partial charge in [0.25, 0.3) is 5.91 Å². The number of aromatic nitrogens is 4. The fourth-order valence-corrected chi connectivity index (χ4v) is 5.03. The molecule has 35 heavy (non-hydrogen) atoms. The molecule has 1 fully saturated rings. The standard InChI is InChI=1S/C20H20F3N7O4S/c21-20(22,23)12-3-6-16(25-9-12)26-14-7-8-30(10-15(14)31)35(33,34)13-4-1-11(2-5-13)18-27-19(17(24)32)29-28-18/h1-6,9,14-15,31H,7-8,10H2,(H2,24,32)(H,25,26)(H,27,28,29)/t14-,15+/m1/s1. The number of H-pyrrole nitrogens is 1. The molecule has 0 spiro atoms. The fraction of sp³-hybridized carbons (Fsp3) is 0.300. The molecule has 186 valence electrons. The lowest BCUT2D eigenvalue weighted by Crippen LogP contribution is -2.51. The molecule has 1 aliphatic heterocycles. The zero-order valence-electron chi connectivity index (χ0n) is 17.9. The van der Waals surface area contributed by atoms with Gasteiger partial charge in [0.2, 0.25) is 15.8 Å². The number of benzene rings is 1. The number of piperidine rings is 1. The van der Waals surface area contributed by atoms with E-state index in [9.17, 15) is 31.5 Å². The second kappa shape index (κ2) is 9.24. The number of aliphatic hydroxyl groups is 1. The number of sulfonamides is 1. The number of pyridine rings is 1. The van der Waals surface area contributed by atoms with Crippen LogP contribution in [0.2, 0.25) is 0 Å². The van der Waals surface area contributed by atoms with Gasteiger partial charge in [-0.3, -0.25) is 9.89 Å². The fourth-order valence-electron chi connectivity index (χ4n) is 3.55. The molecule has 0 unspecified atom stereocenters. The Labute approximate surface area is 197 Å². The number of hydrogen-bond acceptors (Lipinski definition) is 8. The lowest BCUT2D eigenvalue weighted by atomic mass is 10.0. The van der Waals surface area contributed by atoms with Crippen molar-refractivity contribution >= 4 is 21.7 Å². The van der Waals surface area contributed by atoms with E-state index in [1.807, 2.05) is 0 Å². The molecule has 4 rings (SSSR count). The first-order valence-electron chi connectivity index (χ1n) is 10.3. The van der Waals surface area contributed by atoms with E-state index in [0.717, 1.165) is 16.4 Å². The number of carbonyl (C=O) groups excluding carboxylic acids is 1. The van der Waals surface area contributed by atoms with Gasteiger partial charge in [0.05, 0.1) is 22.6 Å². The van der Waals surface area contributed by atoms with Gasteiger partial charge in [-0.2, -0.15) is 22.6 Å². The van der Waals surface area contributed by atoms with Gasteiger partial charge in [-0.05, 0) is 42.8 Å². The molecule has 1 aromatic carbocycles. The van der Waals surface area contributed by atoms with Crippen molar-refractivity contribution < 1.29 is 31.5 Å². The maximum absolute atomic E-state index is 13.0. The number of aromatic amines is 1. The van der Waals surface area contributed by atoms with Crippen LogP contribution < -0.4 is 11.1 Å². The van der Waals surface area contributed by atoms with Crippen molar-refractivity contribution in [3.05, 3.63) is 54.0 Å². The summed E-state index contributed by atoms with van der Waals surface area (Å²) in [6.45, 7) is -0.145. The molecule has 3 aromatic rings. The average molecular weight is 511 g/mol. The van der Waals surface area contributed by atoms with Gasteiger partial charge in [-0.25, -0.2) is 18.4 Å². The minimum absolute atomic E-state index is 0.0186. The topological polar surface area (TPSA) is 167 Å². The number of anilines is 1. The lowest BCUT2D eigenvalue weighted by Gasteiger charge is -2.35. The molecule has 1 amide bonds. The average Bonchev–Trinajstić information content (AvgIpc) is 3.31. The van der Waals surface area contributed by atoms with Crippen LogP contribution in [0.4, 0.5) is 19.0 Å². The molecule has 2 atom stereocenters. The van der Waals surface area contributed by atoms with Crippen molar-refractivity contribution in [2.45, 2.75) is 29.6 Å². The molecule has 0 bridgehead atoms. The molecule has 15 heteroatoms. The number of alkyl halides is 3. The quantitative estimate of drug-likeness (QED) is 0.383. The molecule has 11 nitrogen and oxygen atoms in total. The molecule has 1 aliphatic rings. The van der Waals surface area contributed by atoms with Crippen molar-refractivity contribution in [2.24, 2.45) is 5.73 Å². The van der Waals surface area contributed by atoms with Crippen LogP contribution in [-0.4, -0.2) is 69.1 Å². The van der Waals surface area contributed by atoms with E-state index < -0.39 is 39.8 Å². The van der Waals surface area contributed by atoms with Crippen molar-refractivity contribution in [3.8, 4) is 11.4 Å². The van der Waals surface area contributed by atoms with Crippen LogP contribution in [0.25, 0.3) is 11.4 Å². The summed E-state index contributed by atoms with van der Waals surface area (Å²) in [4.78, 5) is 18.8. The van der Waals surface area contributed by atoms with E-state index in [4.69, 9.17) is 5.73 Å². The van der Waals surface area contributed by atoms with Gasteiger partial charge in [0.15, 0.2) is 5.82 Å². The van der Waals surface area contributed by atoms with Crippen LogP contribution in [0.1, 0.15) is 22.6 Å². The van der Waals surface area contributed by atoms with Crippen molar-refractivity contribution in [3.63, 3.8) is 0 Å². The third-order valence-electron chi connectivity index (χ3n) is 5.44. The number of hydrogen-bond donors (Lipinski definition) is 4. The zero-order valence-corrected chi connectivity index (χ0v) is 18.7.